The molecule has 0 amide bonds. The van der Waals surface area contributed by atoms with Gasteiger partial charge in [0.25, 0.3) is 0 Å². The zero-order chi connectivity index (χ0) is 19.0. The van der Waals surface area contributed by atoms with Crippen molar-refractivity contribution >= 4 is 11.6 Å². The van der Waals surface area contributed by atoms with Gasteiger partial charge in [-0.2, -0.15) is 0 Å². The van der Waals surface area contributed by atoms with Gasteiger partial charge in [0.1, 0.15) is 6.54 Å². The molecule has 0 radical (unpaired) electrons. The fourth-order valence-corrected chi connectivity index (χ4v) is 3.48. The number of hydrogen-bond donors (Lipinski definition) is 2. The average Bonchev–Trinajstić information content (AvgIpc) is 3.03. The van der Waals surface area contributed by atoms with Crippen LogP contribution in [-0.4, -0.2) is 51.9 Å². The Labute approximate surface area is 154 Å². The molecule has 0 spiro atoms. The number of fused-ring (bicyclic) bond motifs is 2. The van der Waals surface area contributed by atoms with Gasteiger partial charge in [0, 0.05) is 16.7 Å². The first-order chi connectivity index (χ1) is 13.1. The molecule has 2 N–H and O–H groups in total. The molecule has 3 unspecified atom stereocenters. The standard InChI is InChI=1S/C19H18N3O5/c23-17-13-8-4-5-9-14(13)18(24)16-15(17)20-22(26)21(16)10-11-27-19(25)12-6-2-1-3-7-12/h1-9,15-16,19,25H,10-11H2,(H,20,26)/q+1. The zero-order valence-corrected chi connectivity index (χ0v) is 14.3. The van der Waals surface area contributed by atoms with E-state index in [1.807, 2.05) is 6.07 Å². The highest BCUT2D eigenvalue weighted by Gasteiger charge is 2.57. The van der Waals surface area contributed by atoms with Crippen LogP contribution in [0.5, 0.6) is 0 Å². The molecule has 4 rings (SSSR count). The van der Waals surface area contributed by atoms with E-state index in [4.69, 9.17) is 4.74 Å². The number of aliphatic hydroxyl groups excluding tert-OH is 1. The van der Waals surface area contributed by atoms with Crippen molar-refractivity contribution in [3.63, 3.8) is 0 Å². The van der Waals surface area contributed by atoms with E-state index in [2.05, 4.69) is 5.43 Å². The molecule has 1 aliphatic carbocycles. The molecule has 2 aromatic rings. The van der Waals surface area contributed by atoms with Gasteiger partial charge in [-0.15, -0.1) is 5.43 Å². The number of carbonyl (C=O) groups is 2. The molecule has 0 bridgehead atoms. The molecule has 1 aliphatic heterocycles. The number of hydrazine groups is 2. The number of nitrogens with one attached hydrogen (secondary N) is 1. The van der Waals surface area contributed by atoms with Crippen LogP contribution in [0, 0.1) is 4.91 Å². The van der Waals surface area contributed by atoms with Crippen molar-refractivity contribution in [2.75, 3.05) is 13.2 Å². The van der Waals surface area contributed by atoms with Crippen LogP contribution in [-0.2, 0) is 4.74 Å². The van der Waals surface area contributed by atoms with E-state index in [0.29, 0.717) is 21.7 Å². The molecular formula is C19H18N3O5+. The van der Waals surface area contributed by atoms with E-state index in [0.717, 1.165) is 0 Å². The number of Topliss-reactive ketones (excluding diaryl/α,β-unsaturated/α-hetero) is 2. The minimum Gasteiger partial charge on any atom is -0.364 e. The number of nitrogens with zero attached hydrogens (tertiary/aromatic N) is 2. The van der Waals surface area contributed by atoms with Gasteiger partial charge in [-0.3, -0.25) is 9.59 Å². The second-order valence-electron chi connectivity index (χ2n) is 6.40. The van der Waals surface area contributed by atoms with Crippen LogP contribution < -0.4 is 5.43 Å². The van der Waals surface area contributed by atoms with Gasteiger partial charge in [-0.05, 0) is 0 Å². The summed E-state index contributed by atoms with van der Waals surface area (Å²) in [5.41, 5.74) is 3.74. The third kappa shape index (κ3) is 2.98. The van der Waals surface area contributed by atoms with Gasteiger partial charge in [0.15, 0.2) is 29.9 Å². The monoisotopic (exact) mass is 368 g/mol. The Bertz CT molecular complexity index is 901. The first-order valence-corrected chi connectivity index (χ1v) is 8.60. The Balaban J connectivity index is 1.47. The predicted molar refractivity (Wildman–Crippen MR) is 93.5 cm³/mol. The minimum atomic E-state index is -1.14. The zero-order valence-electron chi connectivity index (χ0n) is 14.3. The fourth-order valence-electron chi connectivity index (χ4n) is 3.48. The summed E-state index contributed by atoms with van der Waals surface area (Å²) in [7, 11) is 0. The van der Waals surface area contributed by atoms with E-state index in [9.17, 15) is 19.6 Å². The van der Waals surface area contributed by atoms with Crippen molar-refractivity contribution in [1.82, 2.24) is 10.4 Å². The topological polar surface area (TPSA) is 99.0 Å². The quantitative estimate of drug-likeness (QED) is 0.601. The molecule has 2 aromatic carbocycles. The van der Waals surface area contributed by atoms with Crippen molar-refractivity contribution in [3.05, 3.63) is 76.2 Å². The van der Waals surface area contributed by atoms with Gasteiger partial charge in [0.05, 0.1) is 11.5 Å². The van der Waals surface area contributed by atoms with Crippen molar-refractivity contribution < 1.29 is 24.4 Å². The van der Waals surface area contributed by atoms with E-state index >= 15 is 0 Å². The molecule has 138 valence electrons. The highest BCUT2D eigenvalue weighted by molar-refractivity contribution is 6.19. The average molecular weight is 368 g/mol. The number of benzene rings is 2. The lowest BCUT2D eigenvalue weighted by Crippen LogP contribution is -2.51. The molecule has 0 saturated carbocycles. The maximum Gasteiger partial charge on any atom is 0.250 e. The maximum absolute atomic E-state index is 12.8. The number of ketones is 2. The molecule has 1 saturated heterocycles. The Kier molecular flexibility index (Phi) is 4.43. The van der Waals surface area contributed by atoms with E-state index in [-0.39, 0.29) is 24.7 Å². The van der Waals surface area contributed by atoms with Crippen molar-refractivity contribution in [3.8, 4) is 0 Å². The molecule has 0 aromatic heterocycles. The summed E-state index contributed by atoms with van der Waals surface area (Å²) in [6.45, 7) is 0.0472. The van der Waals surface area contributed by atoms with Crippen LogP contribution >= 0.6 is 0 Å². The summed E-state index contributed by atoms with van der Waals surface area (Å²) in [6, 6.07) is 13.5. The number of nitroso groups, excluding NO2 is 1. The number of carbonyl (C=O) groups excluding carboxylic acids is 2. The van der Waals surface area contributed by atoms with Crippen LogP contribution in [0.3, 0.4) is 0 Å². The maximum atomic E-state index is 12.8. The number of aliphatic hydroxyl groups is 1. The summed E-state index contributed by atoms with van der Waals surface area (Å²) in [6.07, 6.45) is -1.14. The number of ether oxygens (including phenoxy) is 1. The van der Waals surface area contributed by atoms with Gasteiger partial charge >= 0.3 is 0 Å². The lowest BCUT2D eigenvalue weighted by Gasteiger charge is -2.23. The van der Waals surface area contributed by atoms with Gasteiger partial charge < -0.3 is 9.84 Å². The van der Waals surface area contributed by atoms with Crippen LogP contribution in [0.4, 0.5) is 0 Å². The Morgan fingerprint density at radius 2 is 1.67 bits per heavy atom. The van der Waals surface area contributed by atoms with Crippen molar-refractivity contribution in [2.45, 2.75) is 18.4 Å². The van der Waals surface area contributed by atoms with Gasteiger partial charge in [-0.25, -0.2) is 0 Å². The normalized spacial score (nSPS) is 22.3. The van der Waals surface area contributed by atoms with Crippen LogP contribution in [0.1, 0.15) is 32.6 Å². The molecular weight excluding hydrogens is 350 g/mol. The van der Waals surface area contributed by atoms with E-state index < -0.39 is 18.4 Å². The lowest BCUT2D eigenvalue weighted by molar-refractivity contribution is -0.732. The lowest BCUT2D eigenvalue weighted by atomic mass is 9.83. The van der Waals surface area contributed by atoms with E-state index in [1.54, 1.807) is 48.5 Å². The molecule has 2 aliphatic rings. The Hall–Kier alpha value is -3.10. The highest BCUT2D eigenvalue weighted by Crippen LogP contribution is 2.28. The summed E-state index contributed by atoms with van der Waals surface area (Å²) < 4.78 is 5.37. The molecule has 8 heteroatoms. The summed E-state index contributed by atoms with van der Waals surface area (Å²) >= 11 is 0. The first kappa shape index (κ1) is 17.3. The Morgan fingerprint density at radius 3 is 2.37 bits per heavy atom. The SMILES string of the molecule is O=C1c2ccccc2C(=O)C2C1N[N+](=O)N2CCOC(O)c1ccccc1. The molecule has 1 fully saturated rings. The highest BCUT2D eigenvalue weighted by atomic mass is 16.6. The molecule has 1 heterocycles. The predicted octanol–water partition coefficient (Wildman–Crippen LogP) is 1.02. The smallest absolute Gasteiger partial charge is 0.250 e. The minimum absolute atomic E-state index is 0.00280. The fraction of sp³-hybridized carbons (Fsp3) is 0.263. The molecule has 27 heavy (non-hydrogen) atoms. The second kappa shape index (κ2) is 6.90. The first-order valence-electron chi connectivity index (χ1n) is 8.60. The summed E-state index contributed by atoms with van der Waals surface area (Å²) in [5.74, 6) is -0.576. The van der Waals surface area contributed by atoms with Gasteiger partial charge in [-0.1, -0.05) is 59.6 Å². The Morgan fingerprint density at radius 1 is 1.04 bits per heavy atom. The number of hydrogen-bond acceptors (Lipinski definition) is 5. The van der Waals surface area contributed by atoms with Crippen molar-refractivity contribution in [2.24, 2.45) is 0 Å². The van der Waals surface area contributed by atoms with Gasteiger partial charge in [0.2, 0.25) is 4.98 Å². The third-order valence-electron chi connectivity index (χ3n) is 4.81. The number of rotatable bonds is 5. The van der Waals surface area contributed by atoms with Crippen LogP contribution in [0.15, 0.2) is 54.6 Å². The molecule has 3 atom stereocenters. The second-order valence-corrected chi connectivity index (χ2v) is 6.40. The van der Waals surface area contributed by atoms with E-state index in [1.165, 1.54) is 5.01 Å². The third-order valence-corrected chi connectivity index (χ3v) is 4.81. The van der Waals surface area contributed by atoms with Crippen LogP contribution in [0.25, 0.3) is 0 Å². The van der Waals surface area contributed by atoms with Crippen molar-refractivity contribution in [1.29, 1.82) is 0 Å². The summed E-state index contributed by atoms with van der Waals surface area (Å²) in [5, 5.41) is 11.3. The van der Waals surface area contributed by atoms with Crippen LogP contribution in [0.2, 0.25) is 0 Å². The summed E-state index contributed by atoms with van der Waals surface area (Å²) in [4.78, 5) is 38.1. The largest absolute Gasteiger partial charge is 0.364 e. The molecule has 8 nitrogen and oxygen atoms in total.